The molecular weight excluding hydrogens is 298 g/mol. The standard InChI is InChI=1S/C20H25N3O/c1-16-7-9-18(10-8-16)15-22-11-13-23(14-12-22)21-17(2)19-5-3-4-6-20(19)24/h3-10,24H,11-15H2,1-2H3. The minimum absolute atomic E-state index is 0.289. The van der Waals surface area contributed by atoms with Crippen LogP contribution >= 0.6 is 0 Å². The van der Waals surface area contributed by atoms with Gasteiger partial charge in [-0.3, -0.25) is 9.91 Å². The minimum atomic E-state index is 0.289. The van der Waals surface area contributed by atoms with Crippen LogP contribution in [0.15, 0.2) is 53.6 Å². The molecule has 0 amide bonds. The molecule has 2 aromatic rings. The summed E-state index contributed by atoms with van der Waals surface area (Å²) in [6.07, 6.45) is 0. The van der Waals surface area contributed by atoms with Crippen molar-refractivity contribution in [3.05, 3.63) is 65.2 Å². The number of para-hydroxylation sites is 1. The average molecular weight is 323 g/mol. The fraction of sp³-hybridized carbons (Fsp3) is 0.350. The van der Waals surface area contributed by atoms with E-state index >= 15 is 0 Å². The molecule has 0 saturated carbocycles. The van der Waals surface area contributed by atoms with Gasteiger partial charge in [-0.1, -0.05) is 42.0 Å². The lowest BCUT2D eigenvalue weighted by Crippen LogP contribution is -2.43. The number of hydrogen-bond acceptors (Lipinski definition) is 4. The number of phenolic OH excluding ortho intramolecular Hbond substituents is 1. The van der Waals surface area contributed by atoms with Crippen LogP contribution in [0.3, 0.4) is 0 Å². The predicted octanol–water partition coefficient (Wildman–Crippen LogP) is 3.24. The summed E-state index contributed by atoms with van der Waals surface area (Å²) in [5.41, 5.74) is 4.33. The van der Waals surface area contributed by atoms with Crippen molar-refractivity contribution in [2.45, 2.75) is 20.4 Å². The molecule has 0 aliphatic carbocycles. The van der Waals surface area contributed by atoms with E-state index in [0.29, 0.717) is 0 Å². The van der Waals surface area contributed by atoms with E-state index in [-0.39, 0.29) is 5.75 Å². The Kier molecular flexibility index (Phi) is 5.16. The Hall–Kier alpha value is -2.33. The maximum absolute atomic E-state index is 9.93. The highest BCUT2D eigenvalue weighted by atomic mass is 16.3. The highest BCUT2D eigenvalue weighted by Crippen LogP contribution is 2.17. The average Bonchev–Trinajstić information content (AvgIpc) is 2.59. The molecule has 24 heavy (non-hydrogen) atoms. The van der Waals surface area contributed by atoms with Gasteiger partial charge in [0.2, 0.25) is 0 Å². The molecule has 1 N–H and O–H groups in total. The Balaban J connectivity index is 1.56. The monoisotopic (exact) mass is 323 g/mol. The number of hydrogen-bond donors (Lipinski definition) is 1. The van der Waals surface area contributed by atoms with Crippen LogP contribution in [-0.2, 0) is 6.54 Å². The first-order valence-corrected chi connectivity index (χ1v) is 8.48. The van der Waals surface area contributed by atoms with E-state index in [0.717, 1.165) is 44.0 Å². The van der Waals surface area contributed by atoms with Crippen LogP contribution in [0.1, 0.15) is 23.6 Å². The SMILES string of the molecule is CC(=NN1CCN(Cc2ccc(C)cc2)CC1)c1ccccc1O. The minimum Gasteiger partial charge on any atom is -0.507 e. The van der Waals surface area contributed by atoms with Gasteiger partial charge in [-0.05, 0) is 31.5 Å². The molecule has 0 bridgehead atoms. The zero-order chi connectivity index (χ0) is 16.9. The molecule has 1 saturated heterocycles. The Bertz CT molecular complexity index is 701. The van der Waals surface area contributed by atoms with Gasteiger partial charge in [0.05, 0.1) is 5.71 Å². The molecular formula is C20H25N3O. The van der Waals surface area contributed by atoms with Gasteiger partial charge >= 0.3 is 0 Å². The molecule has 0 unspecified atom stereocenters. The van der Waals surface area contributed by atoms with Crippen molar-refractivity contribution in [2.75, 3.05) is 26.2 Å². The molecule has 0 aromatic heterocycles. The zero-order valence-electron chi connectivity index (χ0n) is 14.4. The van der Waals surface area contributed by atoms with Crippen molar-refractivity contribution in [2.24, 2.45) is 5.10 Å². The number of rotatable bonds is 4. The highest BCUT2D eigenvalue weighted by molar-refractivity contribution is 6.00. The van der Waals surface area contributed by atoms with Gasteiger partial charge in [-0.15, -0.1) is 0 Å². The molecule has 2 aromatic carbocycles. The summed E-state index contributed by atoms with van der Waals surface area (Å²) < 4.78 is 0. The van der Waals surface area contributed by atoms with E-state index in [1.807, 2.05) is 25.1 Å². The maximum Gasteiger partial charge on any atom is 0.124 e. The molecule has 0 spiro atoms. The van der Waals surface area contributed by atoms with Gasteiger partial charge in [0.1, 0.15) is 5.75 Å². The molecule has 1 aliphatic heterocycles. The number of phenols is 1. The van der Waals surface area contributed by atoms with Crippen LogP contribution in [0.5, 0.6) is 5.75 Å². The third kappa shape index (κ3) is 4.15. The molecule has 0 atom stereocenters. The molecule has 0 radical (unpaired) electrons. The van der Waals surface area contributed by atoms with Gasteiger partial charge in [0.25, 0.3) is 0 Å². The van der Waals surface area contributed by atoms with Gasteiger partial charge < -0.3 is 5.11 Å². The smallest absolute Gasteiger partial charge is 0.124 e. The van der Waals surface area contributed by atoms with Crippen molar-refractivity contribution < 1.29 is 5.11 Å². The van der Waals surface area contributed by atoms with Gasteiger partial charge in [-0.2, -0.15) is 5.10 Å². The van der Waals surface area contributed by atoms with E-state index in [9.17, 15) is 5.11 Å². The molecule has 4 heteroatoms. The number of nitrogens with zero attached hydrogens (tertiary/aromatic N) is 3. The maximum atomic E-state index is 9.93. The van der Waals surface area contributed by atoms with Crippen LogP contribution in [0, 0.1) is 6.92 Å². The number of aryl methyl sites for hydroxylation is 1. The number of benzene rings is 2. The topological polar surface area (TPSA) is 39.1 Å². The quantitative estimate of drug-likeness (QED) is 0.878. The summed E-state index contributed by atoms with van der Waals surface area (Å²) in [5, 5.41) is 16.7. The normalized spacial score (nSPS) is 16.4. The Labute approximate surface area is 144 Å². The molecule has 1 fully saturated rings. The lowest BCUT2D eigenvalue weighted by molar-refractivity contribution is 0.130. The predicted molar refractivity (Wildman–Crippen MR) is 98.3 cm³/mol. The third-order valence-corrected chi connectivity index (χ3v) is 4.46. The van der Waals surface area contributed by atoms with Crippen molar-refractivity contribution in [3.63, 3.8) is 0 Å². The second-order valence-corrected chi connectivity index (χ2v) is 6.42. The van der Waals surface area contributed by atoms with Crippen molar-refractivity contribution in [1.82, 2.24) is 9.91 Å². The van der Waals surface area contributed by atoms with E-state index in [4.69, 9.17) is 0 Å². The first-order chi connectivity index (χ1) is 11.6. The lowest BCUT2D eigenvalue weighted by Gasteiger charge is -2.33. The van der Waals surface area contributed by atoms with Crippen molar-refractivity contribution >= 4 is 5.71 Å². The summed E-state index contributed by atoms with van der Waals surface area (Å²) in [6.45, 7) is 8.90. The van der Waals surface area contributed by atoms with E-state index in [1.165, 1.54) is 11.1 Å². The molecule has 1 heterocycles. The number of aromatic hydroxyl groups is 1. The molecule has 3 rings (SSSR count). The first-order valence-electron chi connectivity index (χ1n) is 8.48. The third-order valence-electron chi connectivity index (χ3n) is 4.46. The Morgan fingerprint density at radius 3 is 2.33 bits per heavy atom. The van der Waals surface area contributed by atoms with E-state index in [2.05, 4.69) is 46.2 Å². The van der Waals surface area contributed by atoms with E-state index < -0.39 is 0 Å². The largest absolute Gasteiger partial charge is 0.507 e. The van der Waals surface area contributed by atoms with Crippen molar-refractivity contribution in [3.8, 4) is 5.75 Å². The van der Waals surface area contributed by atoms with Gasteiger partial charge in [0.15, 0.2) is 0 Å². The van der Waals surface area contributed by atoms with Gasteiger partial charge in [-0.25, -0.2) is 0 Å². The summed E-state index contributed by atoms with van der Waals surface area (Å²) in [6, 6.07) is 16.1. The number of piperazine rings is 1. The zero-order valence-corrected chi connectivity index (χ0v) is 14.4. The summed E-state index contributed by atoms with van der Waals surface area (Å²) >= 11 is 0. The highest BCUT2D eigenvalue weighted by Gasteiger charge is 2.16. The summed E-state index contributed by atoms with van der Waals surface area (Å²) in [7, 11) is 0. The van der Waals surface area contributed by atoms with E-state index in [1.54, 1.807) is 6.07 Å². The van der Waals surface area contributed by atoms with Crippen LogP contribution in [-0.4, -0.2) is 46.9 Å². The molecule has 126 valence electrons. The van der Waals surface area contributed by atoms with Crippen molar-refractivity contribution in [1.29, 1.82) is 0 Å². The Morgan fingerprint density at radius 1 is 1.00 bits per heavy atom. The van der Waals surface area contributed by atoms with Crippen LogP contribution in [0.25, 0.3) is 0 Å². The molecule has 1 aliphatic rings. The second-order valence-electron chi connectivity index (χ2n) is 6.42. The lowest BCUT2D eigenvalue weighted by atomic mass is 10.1. The second kappa shape index (κ2) is 7.49. The molecule has 4 nitrogen and oxygen atoms in total. The summed E-state index contributed by atoms with van der Waals surface area (Å²) in [4.78, 5) is 2.46. The van der Waals surface area contributed by atoms with Crippen LogP contribution in [0.2, 0.25) is 0 Å². The van der Waals surface area contributed by atoms with Crippen LogP contribution < -0.4 is 0 Å². The first kappa shape index (κ1) is 16.5. The van der Waals surface area contributed by atoms with Gasteiger partial charge in [0, 0.05) is 38.3 Å². The van der Waals surface area contributed by atoms with Crippen LogP contribution in [0.4, 0.5) is 0 Å². The summed E-state index contributed by atoms with van der Waals surface area (Å²) in [5.74, 6) is 0.289. The fourth-order valence-corrected chi connectivity index (χ4v) is 2.99. The number of hydrazone groups is 1. The Morgan fingerprint density at radius 2 is 1.67 bits per heavy atom. The fourth-order valence-electron chi connectivity index (χ4n) is 2.99.